The highest BCUT2D eigenvalue weighted by molar-refractivity contribution is 5.66. The standard InChI is InChI=1S/C8H15NO3/c1-2-5-9-6-7(10)3-4-8(11)12/h2,7,9-10H,1,3-6H2,(H,11,12). The molecule has 0 heterocycles. The Balaban J connectivity index is 3.26. The zero-order chi connectivity index (χ0) is 9.40. The number of carboxylic acid groups (broad SMARTS) is 1. The molecule has 0 aliphatic carbocycles. The summed E-state index contributed by atoms with van der Waals surface area (Å²) in [5, 5.41) is 20.3. The van der Waals surface area contributed by atoms with Gasteiger partial charge in [0, 0.05) is 19.5 Å². The molecule has 0 fully saturated rings. The van der Waals surface area contributed by atoms with Crippen molar-refractivity contribution in [2.24, 2.45) is 0 Å². The number of rotatable bonds is 7. The minimum Gasteiger partial charge on any atom is -0.481 e. The molecule has 0 spiro atoms. The predicted octanol–water partition coefficient (Wildman–Crippen LogP) is -0.0123. The lowest BCUT2D eigenvalue weighted by Crippen LogP contribution is -2.27. The van der Waals surface area contributed by atoms with Crippen LogP contribution in [0.4, 0.5) is 0 Å². The first kappa shape index (κ1) is 11.1. The van der Waals surface area contributed by atoms with Gasteiger partial charge < -0.3 is 15.5 Å². The van der Waals surface area contributed by atoms with Crippen LogP contribution in [0.5, 0.6) is 0 Å². The van der Waals surface area contributed by atoms with E-state index in [1.165, 1.54) is 0 Å². The molecule has 1 atom stereocenters. The summed E-state index contributed by atoms with van der Waals surface area (Å²) in [5.74, 6) is -0.877. The summed E-state index contributed by atoms with van der Waals surface area (Å²) < 4.78 is 0. The predicted molar refractivity (Wildman–Crippen MR) is 45.9 cm³/mol. The Morgan fingerprint density at radius 1 is 1.67 bits per heavy atom. The van der Waals surface area contributed by atoms with Crippen LogP contribution in [0.3, 0.4) is 0 Å². The van der Waals surface area contributed by atoms with E-state index >= 15 is 0 Å². The van der Waals surface area contributed by atoms with Crippen LogP contribution in [-0.2, 0) is 4.79 Å². The first-order chi connectivity index (χ1) is 5.66. The fourth-order valence-electron chi connectivity index (χ4n) is 0.744. The molecular formula is C8H15NO3. The van der Waals surface area contributed by atoms with Crippen LogP contribution >= 0.6 is 0 Å². The Kier molecular flexibility index (Phi) is 6.32. The smallest absolute Gasteiger partial charge is 0.303 e. The van der Waals surface area contributed by atoms with E-state index in [2.05, 4.69) is 11.9 Å². The molecule has 0 aliphatic heterocycles. The monoisotopic (exact) mass is 173 g/mol. The Bertz CT molecular complexity index is 147. The summed E-state index contributed by atoms with van der Waals surface area (Å²) in [6.07, 6.45) is 1.40. The second kappa shape index (κ2) is 6.82. The minimum atomic E-state index is -0.877. The number of carbonyl (C=O) groups is 1. The molecule has 12 heavy (non-hydrogen) atoms. The molecule has 0 rings (SSSR count). The first-order valence-corrected chi connectivity index (χ1v) is 3.88. The van der Waals surface area contributed by atoms with Crippen LogP contribution in [0, 0.1) is 0 Å². The highest BCUT2D eigenvalue weighted by atomic mass is 16.4. The summed E-state index contributed by atoms with van der Waals surface area (Å²) in [6.45, 7) is 4.54. The summed E-state index contributed by atoms with van der Waals surface area (Å²) in [7, 11) is 0. The van der Waals surface area contributed by atoms with Crippen molar-refractivity contribution in [3.05, 3.63) is 12.7 Å². The maximum absolute atomic E-state index is 10.1. The topological polar surface area (TPSA) is 69.6 Å². The largest absolute Gasteiger partial charge is 0.481 e. The van der Waals surface area contributed by atoms with Crippen molar-refractivity contribution in [2.45, 2.75) is 18.9 Å². The van der Waals surface area contributed by atoms with Gasteiger partial charge in [0.25, 0.3) is 0 Å². The van der Waals surface area contributed by atoms with E-state index in [4.69, 9.17) is 10.2 Å². The molecule has 0 aromatic carbocycles. The highest BCUT2D eigenvalue weighted by Crippen LogP contribution is 1.95. The lowest BCUT2D eigenvalue weighted by Gasteiger charge is -2.08. The number of nitrogens with one attached hydrogen (secondary N) is 1. The minimum absolute atomic E-state index is 0.0108. The third kappa shape index (κ3) is 7.24. The second-order valence-electron chi connectivity index (χ2n) is 2.53. The van der Waals surface area contributed by atoms with Gasteiger partial charge in [-0.05, 0) is 6.42 Å². The van der Waals surface area contributed by atoms with Crippen LogP contribution in [0.15, 0.2) is 12.7 Å². The number of aliphatic carboxylic acids is 1. The molecule has 0 saturated heterocycles. The lowest BCUT2D eigenvalue weighted by molar-refractivity contribution is -0.137. The number of hydrogen-bond acceptors (Lipinski definition) is 3. The quantitative estimate of drug-likeness (QED) is 0.374. The van der Waals surface area contributed by atoms with E-state index in [0.29, 0.717) is 19.5 Å². The average Bonchev–Trinajstić information content (AvgIpc) is 2.01. The Labute approximate surface area is 71.9 Å². The van der Waals surface area contributed by atoms with Crippen molar-refractivity contribution in [1.82, 2.24) is 5.32 Å². The summed E-state index contributed by atoms with van der Waals surface area (Å²) in [5.41, 5.74) is 0. The normalized spacial score (nSPS) is 12.4. The number of carboxylic acids is 1. The third-order valence-corrected chi connectivity index (χ3v) is 1.36. The fraction of sp³-hybridized carbons (Fsp3) is 0.625. The van der Waals surface area contributed by atoms with Crippen LogP contribution in [0.25, 0.3) is 0 Å². The summed E-state index contributed by atoms with van der Waals surface area (Å²) in [4.78, 5) is 10.1. The van der Waals surface area contributed by atoms with Crippen LogP contribution < -0.4 is 5.32 Å². The van der Waals surface area contributed by atoms with Crippen molar-refractivity contribution >= 4 is 5.97 Å². The van der Waals surface area contributed by atoms with E-state index in [1.807, 2.05) is 0 Å². The second-order valence-corrected chi connectivity index (χ2v) is 2.53. The van der Waals surface area contributed by atoms with Crippen LogP contribution in [0.2, 0.25) is 0 Å². The van der Waals surface area contributed by atoms with E-state index < -0.39 is 12.1 Å². The van der Waals surface area contributed by atoms with Gasteiger partial charge in [0.05, 0.1) is 6.10 Å². The average molecular weight is 173 g/mol. The summed E-state index contributed by atoms with van der Waals surface area (Å²) >= 11 is 0. The van der Waals surface area contributed by atoms with Crippen molar-refractivity contribution in [1.29, 1.82) is 0 Å². The van der Waals surface area contributed by atoms with Crippen molar-refractivity contribution in [2.75, 3.05) is 13.1 Å². The molecule has 70 valence electrons. The lowest BCUT2D eigenvalue weighted by atomic mass is 10.2. The van der Waals surface area contributed by atoms with E-state index in [0.717, 1.165) is 0 Å². The molecule has 1 unspecified atom stereocenters. The fourth-order valence-corrected chi connectivity index (χ4v) is 0.744. The van der Waals surface area contributed by atoms with Gasteiger partial charge in [-0.15, -0.1) is 6.58 Å². The molecular weight excluding hydrogens is 158 g/mol. The van der Waals surface area contributed by atoms with Gasteiger partial charge in [-0.1, -0.05) is 6.08 Å². The van der Waals surface area contributed by atoms with Crippen molar-refractivity contribution in [3.63, 3.8) is 0 Å². The van der Waals surface area contributed by atoms with Gasteiger partial charge in [-0.3, -0.25) is 4.79 Å². The molecule has 3 N–H and O–H groups in total. The number of aliphatic hydroxyl groups is 1. The Morgan fingerprint density at radius 2 is 2.33 bits per heavy atom. The molecule has 0 aliphatic rings. The Hall–Kier alpha value is -0.870. The molecule has 0 bridgehead atoms. The SMILES string of the molecule is C=CCNCC(O)CCC(=O)O. The summed E-state index contributed by atoms with van der Waals surface area (Å²) in [6, 6.07) is 0. The Morgan fingerprint density at radius 3 is 2.83 bits per heavy atom. The third-order valence-electron chi connectivity index (χ3n) is 1.36. The first-order valence-electron chi connectivity index (χ1n) is 3.88. The molecule has 0 amide bonds. The van der Waals surface area contributed by atoms with Crippen LogP contribution in [-0.4, -0.2) is 35.4 Å². The van der Waals surface area contributed by atoms with Gasteiger partial charge in [0.1, 0.15) is 0 Å². The molecule has 0 aromatic rings. The maximum Gasteiger partial charge on any atom is 0.303 e. The van der Waals surface area contributed by atoms with Gasteiger partial charge in [-0.2, -0.15) is 0 Å². The van der Waals surface area contributed by atoms with Gasteiger partial charge >= 0.3 is 5.97 Å². The van der Waals surface area contributed by atoms with Crippen molar-refractivity contribution < 1.29 is 15.0 Å². The maximum atomic E-state index is 10.1. The molecule has 0 saturated carbocycles. The molecule has 0 radical (unpaired) electrons. The van der Waals surface area contributed by atoms with Gasteiger partial charge in [-0.25, -0.2) is 0 Å². The zero-order valence-corrected chi connectivity index (χ0v) is 6.99. The molecule has 4 nitrogen and oxygen atoms in total. The van der Waals surface area contributed by atoms with Crippen molar-refractivity contribution in [3.8, 4) is 0 Å². The van der Waals surface area contributed by atoms with E-state index in [9.17, 15) is 4.79 Å². The van der Waals surface area contributed by atoms with Gasteiger partial charge in [0.2, 0.25) is 0 Å². The zero-order valence-electron chi connectivity index (χ0n) is 6.99. The van der Waals surface area contributed by atoms with Gasteiger partial charge in [0.15, 0.2) is 0 Å². The number of hydrogen-bond donors (Lipinski definition) is 3. The van der Waals surface area contributed by atoms with Crippen LogP contribution in [0.1, 0.15) is 12.8 Å². The van der Waals surface area contributed by atoms with E-state index in [-0.39, 0.29) is 6.42 Å². The number of aliphatic hydroxyl groups excluding tert-OH is 1. The molecule has 4 heteroatoms. The highest BCUT2D eigenvalue weighted by Gasteiger charge is 2.05. The molecule has 0 aromatic heterocycles. The van der Waals surface area contributed by atoms with E-state index in [1.54, 1.807) is 6.08 Å².